The van der Waals surface area contributed by atoms with E-state index < -0.39 is 0 Å². The van der Waals surface area contributed by atoms with Gasteiger partial charge < -0.3 is 5.73 Å². The molecule has 18 heavy (non-hydrogen) atoms. The molecule has 0 amide bonds. The topological polar surface area (TPSA) is 29.3 Å². The normalized spacial score (nSPS) is 17.8. The Morgan fingerprint density at radius 1 is 1.39 bits per heavy atom. The fourth-order valence-electron chi connectivity index (χ4n) is 2.70. The number of halogens is 1. The largest absolute Gasteiger partial charge is 0.329 e. The van der Waals surface area contributed by atoms with Gasteiger partial charge in [0.25, 0.3) is 0 Å². The van der Waals surface area contributed by atoms with Gasteiger partial charge in [-0.1, -0.05) is 43.1 Å². The average Bonchev–Trinajstić information content (AvgIpc) is 2.33. The lowest BCUT2D eigenvalue weighted by Crippen LogP contribution is -2.38. The zero-order valence-electron chi connectivity index (χ0n) is 11.1. The van der Waals surface area contributed by atoms with E-state index in [1.807, 2.05) is 18.2 Å². The quantitative estimate of drug-likeness (QED) is 0.854. The van der Waals surface area contributed by atoms with Crippen molar-refractivity contribution in [3.05, 3.63) is 34.9 Å². The third-order valence-electron chi connectivity index (χ3n) is 4.05. The maximum Gasteiger partial charge on any atom is 0.0485 e. The van der Waals surface area contributed by atoms with Crippen LogP contribution in [0.5, 0.6) is 0 Å². The van der Waals surface area contributed by atoms with E-state index in [-0.39, 0.29) is 6.04 Å². The second-order valence-electron chi connectivity index (χ2n) is 5.16. The molecule has 0 saturated heterocycles. The Labute approximate surface area is 115 Å². The Balaban J connectivity index is 2.12. The monoisotopic (exact) mass is 266 g/mol. The fraction of sp³-hybridized carbons (Fsp3) is 0.600. The van der Waals surface area contributed by atoms with Gasteiger partial charge in [-0.05, 0) is 36.9 Å². The predicted octanol–water partition coefficient (Wildman–Crippen LogP) is 3.46. The molecule has 0 spiro atoms. The Morgan fingerprint density at radius 3 is 2.61 bits per heavy atom. The van der Waals surface area contributed by atoms with E-state index in [1.165, 1.54) is 24.8 Å². The van der Waals surface area contributed by atoms with Gasteiger partial charge in [0.2, 0.25) is 0 Å². The summed E-state index contributed by atoms with van der Waals surface area (Å²) in [4.78, 5) is 2.48. The number of hydrogen-bond acceptors (Lipinski definition) is 2. The standard InChI is InChI=1S/C15H23ClN2/c1-2-18(11-12-6-5-7-12)15(10-17)13-8-3-4-9-14(13)16/h3-4,8-9,12,15H,2,5-7,10-11,17H2,1H3. The minimum atomic E-state index is 0.254. The van der Waals surface area contributed by atoms with Crippen molar-refractivity contribution in [2.45, 2.75) is 32.2 Å². The lowest BCUT2D eigenvalue weighted by atomic mass is 9.84. The maximum atomic E-state index is 6.30. The molecule has 1 aliphatic rings. The van der Waals surface area contributed by atoms with E-state index >= 15 is 0 Å². The van der Waals surface area contributed by atoms with Crippen molar-refractivity contribution in [1.82, 2.24) is 4.90 Å². The Bertz CT molecular complexity index is 377. The summed E-state index contributed by atoms with van der Waals surface area (Å²) in [5.74, 6) is 0.862. The van der Waals surface area contributed by atoms with E-state index in [4.69, 9.17) is 17.3 Å². The highest BCUT2D eigenvalue weighted by atomic mass is 35.5. The number of rotatable bonds is 6. The number of benzene rings is 1. The Morgan fingerprint density at radius 2 is 2.11 bits per heavy atom. The highest BCUT2D eigenvalue weighted by Crippen LogP contribution is 2.32. The minimum absolute atomic E-state index is 0.254. The SMILES string of the molecule is CCN(CC1CCC1)C(CN)c1ccccc1Cl. The lowest BCUT2D eigenvalue weighted by molar-refractivity contribution is 0.141. The van der Waals surface area contributed by atoms with Crippen LogP contribution in [0.1, 0.15) is 37.8 Å². The van der Waals surface area contributed by atoms with Crippen molar-refractivity contribution in [2.24, 2.45) is 11.7 Å². The van der Waals surface area contributed by atoms with Crippen molar-refractivity contribution >= 4 is 11.6 Å². The summed E-state index contributed by atoms with van der Waals surface area (Å²) in [7, 11) is 0. The molecule has 0 aromatic heterocycles. The van der Waals surface area contributed by atoms with Crippen LogP contribution in [0.2, 0.25) is 5.02 Å². The van der Waals surface area contributed by atoms with Crippen LogP contribution in [0.25, 0.3) is 0 Å². The van der Waals surface area contributed by atoms with Crippen molar-refractivity contribution in [3.63, 3.8) is 0 Å². The molecular formula is C15H23ClN2. The summed E-state index contributed by atoms with van der Waals surface area (Å²) in [6.07, 6.45) is 4.13. The fourth-order valence-corrected chi connectivity index (χ4v) is 2.96. The first kappa shape index (κ1) is 13.9. The highest BCUT2D eigenvalue weighted by molar-refractivity contribution is 6.31. The Kier molecular flexibility index (Phi) is 5.04. The van der Waals surface area contributed by atoms with Crippen LogP contribution < -0.4 is 5.73 Å². The molecule has 0 heterocycles. The van der Waals surface area contributed by atoms with Gasteiger partial charge >= 0.3 is 0 Å². The average molecular weight is 267 g/mol. The van der Waals surface area contributed by atoms with Crippen molar-refractivity contribution in [1.29, 1.82) is 0 Å². The smallest absolute Gasteiger partial charge is 0.0485 e. The van der Waals surface area contributed by atoms with Gasteiger partial charge in [0.15, 0.2) is 0 Å². The molecule has 0 radical (unpaired) electrons. The third-order valence-corrected chi connectivity index (χ3v) is 4.40. The molecule has 3 heteroatoms. The minimum Gasteiger partial charge on any atom is -0.329 e. The molecule has 1 aromatic carbocycles. The van der Waals surface area contributed by atoms with Gasteiger partial charge in [-0.15, -0.1) is 0 Å². The summed E-state index contributed by atoms with van der Waals surface area (Å²) in [6, 6.07) is 8.33. The van der Waals surface area contributed by atoms with Gasteiger partial charge in [0.05, 0.1) is 0 Å². The maximum absolute atomic E-state index is 6.30. The van der Waals surface area contributed by atoms with Gasteiger partial charge in [-0.25, -0.2) is 0 Å². The molecule has 2 rings (SSSR count). The van der Waals surface area contributed by atoms with Crippen LogP contribution in [0.4, 0.5) is 0 Å². The number of hydrogen-bond donors (Lipinski definition) is 1. The molecule has 100 valence electrons. The van der Waals surface area contributed by atoms with Crippen LogP contribution in [0.3, 0.4) is 0 Å². The van der Waals surface area contributed by atoms with E-state index in [2.05, 4.69) is 17.9 Å². The highest BCUT2D eigenvalue weighted by Gasteiger charge is 2.25. The van der Waals surface area contributed by atoms with E-state index in [1.54, 1.807) is 0 Å². The van der Waals surface area contributed by atoms with Crippen molar-refractivity contribution in [2.75, 3.05) is 19.6 Å². The molecule has 1 aromatic rings. The number of likely N-dealkylation sites (N-methyl/N-ethyl adjacent to an activating group) is 1. The van der Waals surface area contributed by atoms with Gasteiger partial charge in [-0.2, -0.15) is 0 Å². The van der Waals surface area contributed by atoms with Crippen LogP contribution in [-0.4, -0.2) is 24.5 Å². The molecule has 2 nitrogen and oxygen atoms in total. The molecule has 1 atom stereocenters. The van der Waals surface area contributed by atoms with Gasteiger partial charge in [-0.3, -0.25) is 4.90 Å². The molecule has 1 unspecified atom stereocenters. The van der Waals surface area contributed by atoms with Crippen molar-refractivity contribution in [3.8, 4) is 0 Å². The summed E-state index contributed by atoms with van der Waals surface area (Å²) in [5.41, 5.74) is 7.15. The second kappa shape index (κ2) is 6.55. The molecule has 1 aliphatic carbocycles. The lowest BCUT2D eigenvalue weighted by Gasteiger charge is -2.36. The molecule has 1 saturated carbocycles. The van der Waals surface area contributed by atoms with Crippen LogP contribution in [-0.2, 0) is 0 Å². The van der Waals surface area contributed by atoms with E-state index in [9.17, 15) is 0 Å². The van der Waals surface area contributed by atoms with Crippen LogP contribution in [0, 0.1) is 5.92 Å². The summed E-state index contributed by atoms with van der Waals surface area (Å²) < 4.78 is 0. The Hall–Kier alpha value is -0.570. The van der Waals surface area contributed by atoms with Crippen LogP contribution in [0.15, 0.2) is 24.3 Å². The summed E-state index contributed by atoms with van der Waals surface area (Å²) >= 11 is 6.30. The number of nitrogens with two attached hydrogens (primary N) is 1. The van der Waals surface area contributed by atoms with E-state index in [0.29, 0.717) is 6.54 Å². The van der Waals surface area contributed by atoms with E-state index in [0.717, 1.165) is 24.0 Å². The van der Waals surface area contributed by atoms with Gasteiger partial charge in [0.1, 0.15) is 0 Å². The number of nitrogens with zero attached hydrogens (tertiary/aromatic N) is 1. The zero-order valence-corrected chi connectivity index (χ0v) is 11.9. The second-order valence-corrected chi connectivity index (χ2v) is 5.56. The molecule has 0 bridgehead atoms. The zero-order chi connectivity index (χ0) is 13.0. The van der Waals surface area contributed by atoms with Gasteiger partial charge in [0, 0.05) is 24.2 Å². The van der Waals surface area contributed by atoms with Crippen LogP contribution >= 0.6 is 11.6 Å². The third kappa shape index (κ3) is 3.05. The first-order chi connectivity index (χ1) is 8.76. The first-order valence-corrected chi connectivity index (χ1v) is 7.32. The predicted molar refractivity (Wildman–Crippen MR) is 77.8 cm³/mol. The summed E-state index contributed by atoms with van der Waals surface area (Å²) in [5, 5.41) is 0.833. The van der Waals surface area contributed by atoms with Crippen molar-refractivity contribution < 1.29 is 0 Å². The molecule has 2 N–H and O–H groups in total. The summed E-state index contributed by atoms with van der Waals surface area (Å²) in [6.45, 7) is 5.02. The molecule has 1 fully saturated rings. The first-order valence-electron chi connectivity index (χ1n) is 6.94. The molecular weight excluding hydrogens is 244 g/mol. The molecule has 0 aliphatic heterocycles.